The van der Waals surface area contributed by atoms with Crippen molar-refractivity contribution in [2.24, 2.45) is 5.92 Å². The Morgan fingerprint density at radius 3 is 2.65 bits per heavy atom. The average Bonchev–Trinajstić information content (AvgIpc) is 3.33. The molecule has 8 nitrogen and oxygen atoms in total. The quantitative estimate of drug-likeness (QED) is 0.708. The molecule has 3 rings (SSSR count). The van der Waals surface area contributed by atoms with Crippen LogP contribution in [0.3, 0.4) is 0 Å². The number of hydrogen-bond donors (Lipinski definition) is 2. The van der Waals surface area contributed by atoms with Crippen molar-refractivity contribution in [1.29, 1.82) is 0 Å². The van der Waals surface area contributed by atoms with E-state index in [-0.39, 0.29) is 17.6 Å². The van der Waals surface area contributed by atoms with Crippen LogP contribution < -0.4 is 10.6 Å². The summed E-state index contributed by atoms with van der Waals surface area (Å²) in [6.45, 7) is 3.71. The first kappa shape index (κ1) is 17.4. The number of pyridine rings is 1. The van der Waals surface area contributed by atoms with Crippen molar-refractivity contribution in [2.45, 2.75) is 19.9 Å². The highest BCUT2D eigenvalue weighted by Crippen LogP contribution is 2.12. The summed E-state index contributed by atoms with van der Waals surface area (Å²) in [6, 6.07) is 5.96. The third kappa shape index (κ3) is 3.97. The third-order valence-corrected chi connectivity index (χ3v) is 3.77. The molecule has 0 saturated heterocycles. The minimum atomic E-state index is -0.707. The Morgan fingerprint density at radius 1 is 1.23 bits per heavy atom. The Labute approximate surface area is 150 Å². The van der Waals surface area contributed by atoms with Crippen LogP contribution in [0.1, 0.15) is 24.4 Å². The fraction of sp³-hybridized carbons (Fsp3) is 0.222. The first-order chi connectivity index (χ1) is 12.5. The molecule has 0 aliphatic rings. The van der Waals surface area contributed by atoms with E-state index in [1.165, 1.54) is 6.26 Å². The van der Waals surface area contributed by atoms with Crippen LogP contribution in [-0.2, 0) is 4.79 Å². The molecule has 26 heavy (non-hydrogen) atoms. The SMILES string of the molecule is CC(C)C(NC(=O)c1ccco1)C(=O)Nc1ccc(-n2ccnc2)nc1. The molecule has 0 saturated carbocycles. The van der Waals surface area contributed by atoms with E-state index in [2.05, 4.69) is 20.6 Å². The maximum atomic E-state index is 12.6. The Bertz CT molecular complexity index is 855. The molecule has 8 heteroatoms. The lowest BCUT2D eigenvalue weighted by molar-refractivity contribution is -0.118. The van der Waals surface area contributed by atoms with Crippen LogP contribution in [0.4, 0.5) is 5.69 Å². The molecule has 2 amide bonds. The number of amides is 2. The summed E-state index contributed by atoms with van der Waals surface area (Å²) in [5.74, 6) is -0.0107. The maximum Gasteiger partial charge on any atom is 0.287 e. The minimum Gasteiger partial charge on any atom is -0.459 e. The number of nitrogens with one attached hydrogen (secondary N) is 2. The molecular weight excluding hydrogens is 334 g/mol. The van der Waals surface area contributed by atoms with Gasteiger partial charge < -0.3 is 15.1 Å². The van der Waals surface area contributed by atoms with Crippen LogP contribution in [-0.4, -0.2) is 32.4 Å². The molecule has 0 radical (unpaired) electrons. The molecule has 0 spiro atoms. The second-order valence-corrected chi connectivity index (χ2v) is 6.04. The standard InChI is InChI=1S/C18H19N5O3/c1-12(2)16(22-17(24)14-4-3-9-26-14)18(25)21-13-5-6-15(20-10-13)23-8-7-19-11-23/h3-12,16H,1-2H3,(H,21,25)(H,22,24). The normalized spacial score (nSPS) is 12.0. The summed E-state index contributed by atoms with van der Waals surface area (Å²) < 4.78 is 6.82. The lowest BCUT2D eigenvalue weighted by atomic mass is 10.0. The predicted molar refractivity (Wildman–Crippen MR) is 94.8 cm³/mol. The van der Waals surface area contributed by atoms with E-state index >= 15 is 0 Å². The summed E-state index contributed by atoms with van der Waals surface area (Å²) in [4.78, 5) is 33.0. The zero-order valence-corrected chi connectivity index (χ0v) is 14.4. The molecule has 0 bridgehead atoms. The number of anilines is 1. The van der Waals surface area contributed by atoms with E-state index in [0.29, 0.717) is 11.5 Å². The number of furan rings is 1. The number of rotatable bonds is 6. The number of nitrogens with zero attached hydrogens (tertiary/aromatic N) is 3. The van der Waals surface area contributed by atoms with Gasteiger partial charge in [-0.15, -0.1) is 0 Å². The Morgan fingerprint density at radius 2 is 2.08 bits per heavy atom. The average molecular weight is 353 g/mol. The Balaban J connectivity index is 1.67. The van der Waals surface area contributed by atoms with Crippen molar-refractivity contribution in [3.63, 3.8) is 0 Å². The summed E-state index contributed by atoms with van der Waals surface area (Å²) in [5.41, 5.74) is 0.539. The number of carbonyl (C=O) groups is 2. The first-order valence-corrected chi connectivity index (χ1v) is 8.14. The molecule has 1 unspecified atom stereocenters. The highest BCUT2D eigenvalue weighted by Gasteiger charge is 2.25. The summed E-state index contributed by atoms with van der Waals surface area (Å²) in [6.07, 6.45) is 8.04. The van der Waals surface area contributed by atoms with Gasteiger partial charge in [0.2, 0.25) is 5.91 Å². The number of carbonyl (C=O) groups excluding carboxylic acids is 2. The molecular formula is C18H19N5O3. The van der Waals surface area contributed by atoms with Gasteiger partial charge in [0.05, 0.1) is 18.1 Å². The van der Waals surface area contributed by atoms with Gasteiger partial charge >= 0.3 is 0 Å². The largest absolute Gasteiger partial charge is 0.459 e. The second-order valence-electron chi connectivity index (χ2n) is 6.04. The molecule has 0 aliphatic heterocycles. The van der Waals surface area contributed by atoms with Crippen LogP contribution in [0.2, 0.25) is 0 Å². The van der Waals surface area contributed by atoms with Gasteiger partial charge in [-0.3, -0.25) is 14.2 Å². The van der Waals surface area contributed by atoms with Crippen LogP contribution in [0.5, 0.6) is 0 Å². The highest BCUT2D eigenvalue weighted by atomic mass is 16.3. The van der Waals surface area contributed by atoms with Crippen molar-refractivity contribution in [3.8, 4) is 5.82 Å². The summed E-state index contributed by atoms with van der Waals surface area (Å²) in [7, 11) is 0. The maximum absolute atomic E-state index is 12.6. The highest BCUT2D eigenvalue weighted by molar-refractivity contribution is 6.00. The van der Waals surface area contributed by atoms with Crippen LogP contribution in [0.25, 0.3) is 5.82 Å². The molecule has 134 valence electrons. The van der Waals surface area contributed by atoms with Crippen molar-refractivity contribution < 1.29 is 14.0 Å². The molecule has 3 heterocycles. The monoisotopic (exact) mass is 353 g/mol. The van der Waals surface area contributed by atoms with Gasteiger partial charge in [0, 0.05) is 12.4 Å². The second kappa shape index (κ2) is 7.64. The predicted octanol–water partition coefficient (Wildman–Crippen LogP) is 2.25. The molecule has 1 atom stereocenters. The van der Waals surface area contributed by atoms with E-state index < -0.39 is 11.9 Å². The van der Waals surface area contributed by atoms with E-state index in [1.54, 1.807) is 53.8 Å². The third-order valence-electron chi connectivity index (χ3n) is 3.77. The van der Waals surface area contributed by atoms with Crippen molar-refractivity contribution in [3.05, 3.63) is 61.2 Å². The van der Waals surface area contributed by atoms with E-state index in [9.17, 15) is 9.59 Å². The van der Waals surface area contributed by atoms with Gasteiger partial charge in [0.1, 0.15) is 18.2 Å². The van der Waals surface area contributed by atoms with Gasteiger partial charge in [0.25, 0.3) is 5.91 Å². The molecule has 0 aliphatic carbocycles. The zero-order chi connectivity index (χ0) is 18.5. The smallest absolute Gasteiger partial charge is 0.287 e. The van der Waals surface area contributed by atoms with E-state index in [1.807, 2.05) is 13.8 Å². The van der Waals surface area contributed by atoms with Crippen LogP contribution >= 0.6 is 0 Å². The molecule has 3 aromatic heterocycles. The van der Waals surface area contributed by atoms with Gasteiger partial charge in [-0.2, -0.15) is 0 Å². The van der Waals surface area contributed by atoms with Crippen molar-refractivity contribution in [2.75, 3.05) is 5.32 Å². The Hall–Kier alpha value is -3.42. The van der Waals surface area contributed by atoms with Gasteiger partial charge in [-0.05, 0) is 30.2 Å². The summed E-state index contributed by atoms with van der Waals surface area (Å²) in [5, 5.41) is 5.47. The van der Waals surface area contributed by atoms with E-state index in [4.69, 9.17) is 4.42 Å². The number of aromatic nitrogens is 3. The van der Waals surface area contributed by atoms with Crippen LogP contribution in [0, 0.1) is 5.92 Å². The van der Waals surface area contributed by atoms with Crippen molar-refractivity contribution >= 4 is 17.5 Å². The lowest BCUT2D eigenvalue weighted by Gasteiger charge is -2.21. The molecule has 3 aromatic rings. The lowest BCUT2D eigenvalue weighted by Crippen LogP contribution is -2.47. The minimum absolute atomic E-state index is 0.105. The number of hydrogen-bond acceptors (Lipinski definition) is 5. The van der Waals surface area contributed by atoms with E-state index in [0.717, 1.165) is 0 Å². The molecule has 2 N–H and O–H groups in total. The first-order valence-electron chi connectivity index (χ1n) is 8.14. The van der Waals surface area contributed by atoms with Crippen LogP contribution in [0.15, 0.2) is 59.9 Å². The molecule has 0 fully saturated rings. The number of imidazole rings is 1. The summed E-state index contributed by atoms with van der Waals surface area (Å²) >= 11 is 0. The van der Waals surface area contributed by atoms with Gasteiger partial charge in [-0.25, -0.2) is 9.97 Å². The van der Waals surface area contributed by atoms with Gasteiger partial charge in [-0.1, -0.05) is 13.8 Å². The molecule has 0 aromatic carbocycles. The zero-order valence-electron chi connectivity index (χ0n) is 14.4. The van der Waals surface area contributed by atoms with Gasteiger partial charge in [0.15, 0.2) is 5.76 Å². The fourth-order valence-electron chi connectivity index (χ4n) is 2.38. The fourth-order valence-corrected chi connectivity index (χ4v) is 2.38. The Kier molecular flexibility index (Phi) is 5.12. The van der Waals surface area contributed by atoms with Crippen molar-refractivity contribution in [1.82, 2.24) is 19.9 Å². The topological polar surface area (TPSA) is 102 Å².